The Labute approximate surface area is 116 Å². The van der Waals surface area contributed by atoms with Crippen molar-refractivity contribution in [1.82, 2.24) is 14.6 Å². The molecule has 2 bridgehead atoms. The number of hydrogen-bond donors (Lipinski definition) is 1. The van der Waals surface area contributed by atoms with Crippen molar-refractivity contribution < 1.29 is 9.90 Å². The normalized spacial score (nSPS) is 28.4. The van der Waals surface area contributed by atoms with Crippen molar-refractivity contribution in [3.8, 4) is 0 Å². The lowest BCUT2D eigenvalue weighted by Gasteiger charge is -2.24. The first kappa shape index (κ1) is 11.7. The van der Waals surface area contributed by atoms with E-state index in [9.17, 15) is 9.90 Å². The van der Waals surface area contributed by atoms with Gasteiger partial charge in [-0.25, -0.2) is 9.50 Å². The maximum absolute atomic E-state index is 11.4. The van der Waals surface area contributed by atoms with Gasteiger partial charge in [0.2, 0.25) is 0 Å². The van der Waals surface area contributed by atoms with Gasteiger partial charge in [-0.3, -0.25) is 4.79 Å². The molecule has 3 unspecified atom stereocenters. The van der Waals surface area contributed by atoms with Gasteiger partial charge in [-0.15, -0.1) is 0 Å². The second-order valence-corrected chi connectivity index (χ2v) is 5.75. The highest BCUT2D eigenvalue weighted by Gasteiger charge is 2.50. The third kappa shape index (κ3) is 1.47. The van der Waals surface area contributed by atoms with Crippen LogP contribution in [0.3, 0.4) is 0 Å². The van der Waals surface area contributed by atoms with E-state index in [0.717, 1.165) is 36.3 Å². The van der Waals surface area contributed by atoms with Gasteiger partial charge < -0.3 is 10.0 Å². The van der Waals surface area contributed by atoms with Crippen LogP contribution in [-0.4, -0.2) is 37.8 Å². The number of aliphatic carboxylic acids is 1. The monoisotopic (exact) mass is 272 g/mol. The molecule has 3 atom stereocenters. The van der Waals surface area contributed by atoms with E-state index < -0.39 is 5.97 Å². The molecule has 2 aromatic rings. The van der Waals surface area contributed by atoms with Gasteiger partial charge in [-0.1, -0.05) is 0 Å². The van der Waals surface area contributed by atoms with E-state index in [2.05, 4.69) is 15.0 Å². The Morgan fingerprint density at radius 2 is 2.30 bits per heavy atom. The minimum Gasteiger partial charge on any atom is -0.481 e. The smallest absolute Gasteiger partial charge is 0.308 e. The summed E-state index contributed by atoms with van der Waals surface area (Å²) in [7, 11) is 0. The molecule has 4 heterocycles. The molecule has 2 saturated heterocycles. The Hall–Kier alpha value is -2.11. The summed E-state index contributed by atoms with van der Waals surface area (Å²) in [6.45, 7) is 1.95. The number of nitrogens with zero attached hydrogens (tertiary/aromatic N) is 4. The number of aryl methyl sites for hydroxylation is 1. The van der Waals surface area contributed by atoms with Gasteiger partial charge in [0.1, 0.15) is 5.52 Å². The largest absolute Gasteiger partial charge is 0.481 e. The van der Waals surface area contributed by atoms with Crippen LogP contribution in [-0.2, 0) is 4.79 Å². The second-order valence-electron chi connectivity index (χ2n) is 5.75. The molecule has 0 aromatic carbocycles. The zero-order valence-corrected chi connectivity index (χ0v) is 11.2. The van der Waals surface area contributed by atoms with Gasteiger partial charge in [0.15, 0.2) is 5.82 Å². The molecule has 4 rings (SSSR count). The number of aromatic nitrogens is 3. The summed E-state index contributed by atoms with van der Waals surface area (Å²) in [6, 6.07) is 2.39. The van der Waals surface area contributed by atoms with Gasteiger partial charge >= 0.3 is 5.97 Å². The topological polar surface area (TPSA) is 70.7 Å². The van der Waals surface area contributed by atoms with Crippen molar-refractivity contribution in [2.75, 3.05) is 4.90 Å². The summed E-state index contributed by atoms with van der Waals surface area (Å²) in [6.07, 6.45) is 6.30. The second kappa shape index (κ2) is 3.94. The first-order valence-corrected chi connectivity index (χ1v) is 6.97. The van der Waals surface area contributed by atoms with E-state index in [1.165, 1.54) is 0 Å². The minimum atomic E-state index is -0.682. The maximum atomic E-state index is 11.4. The van der Waals surface area contributed by atoms with Crippen LogP contribution in [0.4, 0.5) is 5.82 Å². The van der Waals surface area contributed by atoms with Gasteiger partial charge in [-0.05, 0) is 32.3 Å². The Bertz CT molecular complexity index is 696. The van der Waals surface area contributed by atoms with Crippen LogP contribution < -0.4 is 4.90 Å². The van der Waals surface area contributed by atoms with Gasteiger partial charge in [0.05, 0.1) is 11.6 Å². The highest BCUT2D eigenvalue weighted by molar-refractivity contribution is 5.77. The number of fused-ring (bicyclic) bond motifs is 3. The van der Waals surface area contributed by atoms with Crippen LogP contribution in [0.5, 0.6) is 0 Å². The number of rotatable bonds is 2. The molecule has 0 aliphatic carbocycles. The van der Waals surface area contributed by atoms with Gasteiger partial charge in [0.25, 0.3) is 0 Å². The predicted octanol–water partition coefficient (Wildman–Crippen LogP) is 1.48. The highest BCUT2D eigenvalue weighted by atomic mass is 16.4. The standard InChI is InChI=1S/C14H16N4O2/c1-8-6-12-13(15-4-5-17(12)16-8)18-9-2-3-11(18)10(7-9)14(19)20/h4-6,9-11H,2-3,7H2,1H3,(H,19,20). The Morgan fingerprint density at radius 3 is 3.05 bits per heavy atom. The average Bonchev–Trinajstić information content (AvgIpc) is 3.08. The first-order chi connectivity index (χ1) is 9.65. The van der Waals surface area contributed by atoms with Crippen molar-refractivity contribution in [2.45, 2.75) is 38.3 Å². The minimum absolute atomic E-state index is 0.0754. The molecule has 6 heteroatoms. The molecule has 0 amide bonds. The molecule has 104 valence electrons. The maximum Gasteiger partial charge on any atom is 0.308 e. The van der Waals surface area contributed by atoms with Gasteiger partial charge in [0, 0.05) is 24.5 Å². The van der Waals surface area contributed by atoms with Crippen molar-refractivity contribution in [1.29, 1.82) is 0 Å². The molecule has 1 N–H and O–H groups in total. The number of carboxylic acid groups (broad SMARTS) is 1. The molecule has 2 aromatic heterocycles. The van der Waals surface area contributed by atoms with Gasteiger partial charge in [-0.2, -0.15) is 5.10 Å². The summed E-state index contributed by atoms with van der Waals surface area (Å²) in [5.74, 6) is -0.0667. The fraction of sp³-hybridized carbons (Fsp3) is 0.500. The predicted molar refractivity (Wildman–Crippen MR) is 72.8 cm³/mol. The van der Waals surface area contributed by atoms with Crippen LogP contribution in [0.15, 0.2) is 18.5 Å². The Kier molecular flexibility index (Phi) is 2.31. The molecular formula is C14H16N4O2. The molecule has 0 spiro atoms. The van der Waals surface area contributed by atoms with Crippen LogP contribution in [0.1, 0.15) is 25.0 Å². The average molecular weight is 272 g/mol. The van der Waals surface area contributed by atoms with Crippen molar-refractivity contribution in [3.63, 3.8) is 0 Å². The van der Waals surface area contributed by atoms with E-state index in [-0.39, 0.29) is 12.0 Å². The quantitative estimate of drug-likeness (QED) is 0.896. The summed E-state index contributed by atoms with van der Waals surface area (Å²) in [5.41, 5.74) is 1.91. The molecule has 2 fully saturated rings. The lowest BCUT2D eigenvalue weighted by atomic mass is 9.89. The lowest BCUT2D eigenvalue weighted by Crippen LogP contribution is -2.33. The van der Waals surface area contributed by atoms with Crippen LogP contribution in [0.2, 0.25) is 0 Å². The summed E-state index contributed by atoms with van der Waals surface area (Å²) < 4.78 is 1.82. The zero-order valence-electron chi connectivity index (χ0n) is 11.2. The van der Waals surface area contributed by atoms with Crippen molar-refractivity contribution in [3.05, 3.63) is 24.2 Å². The fourth-order valence-corrected chi connectivity index (χ4v) is 3.81. The Morgan fingerprint density at radius 1 is 1.45 bits per heavy atom. The van der Waals surface area contributed by atoms with Crippen LogP contribution in [0.25, 0.3) is 5.52 Å². The number of carbonyl (C=O) groups is 1. The molecule has 0 radical (unpaired) electrons. The third-order valence-corrected chi connectivity index (χ3v) is 4.59. The number of hydrogen-bond acceptors (Lipinski definition) is 4. The van der Waals surface area contributed by atoms with E-state index >= 15 is 0 Å². The molecular weight excluding hydrogens is 256 g/mol. The van der Waals surface area contributed by atoms with E-state index in [1.54, 1.807) is 6.20 Å². The number of carboxylic acids is 1. The highest BCUT2D eigenvalue weighted by Crippen LogP contribution is 2.44. The SMILES string of the molecule is Cc1cc2c(N3C4CCC3C(C(=O)O)C4)nccn2n1. The molecule has 0 saturated carbocycles. The van der Waals surface area contributed by atoms with E-state index in [4.69, 9.17) is 0 Å². The summed E-state index contributed by atoms with van der Waals surface area (Å²) >= 11 is 0. The summed E-state index contributed by atoms with van der Waals surface area (Å²) in [5, 5.41) is 13.8. The van der Waals surface area contributed by atoms with E-state index in [1.807, 2.05) is 23.7 Å². The van der Waals surface area contributed by atoms with E-state index in [0.29, 0.717) is 6.04 Å². The van der Waals surface area contributed by atoms with Crippen molar-refractivity contribution in [2.24, 2.45) is 5.92 Å². The lowest BCUT2D eigenvalue weighted by molar-refractivity contribution is -0.142. The Balaban J connectivity index is 1.82. The molecule has 6 nitrogen and oxygen atoms in total. The summed E-state index contributed by atoms with van der Waals surface area (Å²) in [4.78, 5) is 18.1. The number of anilines is 1. The fourth-order valence-electron chi connectivity index (χ4n) is 3.81. The zero-order chi connectivity index (χ0) is 13.9. The van der Waals surface area contributed by atoms with Crippen LogP contribution in [0, 0.1) is 12.8 Å². The molecule has 20 heavy (non-hydrogen) atoms. The van der Waals surface area contributed by atoms with Crippen molar-refractivity contribution >= 4 is 17.3 Å². The third-order valence-electron chi connectivity index (χ3n) is 4.59. The molecule has 2 aliphatic rings. The van der Waals surface area contributed by atoms with Crippen LogP contribution >= 0.6 is 0 Å². The molecule has 2 aliphatic heterocycles. The first-order valence-electron chi connectivity index (χ1n) is 6.97.